The second-order valence-corrected chi connectivity index (χ2v) is 14.7. The van der Waals surface area contributed by atoms with Crippen LogP contribution < -0.4 is 9.80 Å². The molecule has 3 nitrogen and oxygen atoms in total. The molecule has 11 rings (SSSR count). The summed E-state index contributed by atoms with van der Waals surface area (Å²) in [6.07, 6.45) is 0. The summed E-state index contributed by atoms with van der Waals surface area (Å²) >= 11 is 0. The molecule has 0 atom stereocenters. The third kappa shape index (κ3) is 6.08. The molecule has 59 heavy (non-hydrogen) atoms. The number of nitrogens with zero attached hydrogens (tertiary/aromatic N) is 3. The van der Waals surface area contributed by atoms with E-state index in [1.807, 2.05) is 91.0 Å². The Kier molecular flexibility index (Phi) is 7.48. The molecule has 0 fully saturated rings. The molecule has 0 radical (unpaired) electrons. The summed E-state index contributed by atoms with van der Waals surface area (Å²) in [6, 6.07) is 71.4. The number of hydrogen-bond donors (Lipinski definition) is 0. The smallest absolute Gasteiger partial charge is 0.0645 e. The van der Waals surface area contributed by atoms with Crippen LogP contribution in [0.5, 0.6) is 0 Å². The Morgan fingerprint density at radius 3 is 1.68 bits per heavy atom. The highest BCUT2D eigenvalue weighted by Crippen LogP contribution is 2.44. The zero-order valence-corrected chi connectivity index (χ0v) is 32.0. The van der Waals surface area contributed by atoms with Gasteiger partial charge in [0.25, 0.3) is 0 Å². The predicted octanol–water partition coefficient (Wildman–Crippen LogP) is 15.7. The number of hydrogen-bond acceptors (Lipinski definition) is 2. The maximum atomic E-state index is 9.57. The molecule has 0 spiro atoms. The van der Waals surface area contributed by atoms with Crippen LogP contribution in [0.2, 0.25) is 0 Å². The zero-order valence-electron chi connectivity index (χ0n) is 36.0. The van der Waals surface area contributed by atoms with E-state index in [1.165, 1.54) is 5.39 Å². The van der Waals surface area contributed by atoms with Crippen molar-refractivity contribution in [3.8, 4) is 16.8 Å². The third-order valence-corrected chi connectivity index (χ3v) is 11.2. The molecular formula is C56H39N3. The summed E-state index contributed by atoms with van der Waals surface area (Å²) in [6.45, 7) is 0. The molecule has 0 aliphatic rings. The summed E-state index contributed by atoms with van der Waals surface area (Å²) in [7, 11) is 0. The standard InChI is InChI=1S/C56H39N3/c1-4-18-43(19-5-1)57(44-20-6-2-7-21-44)46-33-31-41(32-34-46)49-25-14-27-51-50(49)26-15-29-54(51)58(47-35-30-40-16-10-11-17-42(40)38-47)48-36-37-53-52-24-12-13-28-55(52)59(56(53)39-48)45-22-8-3-9-23-45/h1-39H/i31D,32D,33D,34D. The summed E-state index contributed by atoms with van der Waals surface area (Å²) < 4.78 is 40.5. The molecule has 3 heteroatoms. The highest BCUT2D eigenvalue weighted by molar-refractivity contribution is 6.11. The van der Waals surface area contributed by atoms with Crippen LogP contribution >= 0.6 is 0 Å². The van der Waals surface area contributed by atoms with Crippen molar-refractivity contribution in [2.45, 2.75) is 0 Å². The van der Waals surface area contributed by atoms with Crippen molar-refractivity contribution < 1.29 is 5.48 Å². The number of aromatic nitrogens is 1. The van der Waals surface area contributed by atoms with Gasteiger partial charge in [-0.2, -0.15) is 0 Å². The molecule has 11 aromatic rings. The fourth-order valence-corrected chi connectivity index (χ4v) is 8.52. The maximum Gasteiger partial charge on any atom is 0.0645 e. The molecule has 0 amide bonds. The topological polar surface area (TPSA) is 11.4 Å². The van der Waals surface area contributed by atoms with Gasteiger partial charge in [0.1, 0.15) is 0 Å². The Hall–Kier alpha value is -7.88. The van der Waals surface area contributed by atoms with Crippen LogP contribution in [-0.2, 0) is 0 Å². The van der Waals surface area contributed by atoms with E-state index in [-0.39, 0.29) is 35.4 Å². The maximum absolute atomic E-state index is 9.57. The summed E-state index contributed by atoms with van der Waals surface area (Å²) in [5, 5.41) is 6.31. The molecule has 278 valence electrons. The average molecular weight is 758 g/mol. The largest absolute Gasteiger partial charge is 0.311 e. The van der Waals surface area contributed by atoms with Crippen molar-refractivity contribution in [1.29, 1.82) is 0 Å². The minimum absolute atomic E-state index is 0.105. The first kappa shape index (κ1) is 30.3. The van der Waals surface area contributed by atoms with Crippen LogP contribution in [0, 0.1) is 0 Å². The zero-order chi connectivity index (χ0) is 42.6. The lowest BCUT2D eigenvalue weighted by molar-refractivity contribution is 1.18. The van der Waals surface area contributed by atoms with Gasteiger partial charge < -0.3 is 14.4 Å². The van der Waals surface area contributed by atoms with E-state index in [4.69, 9.17) is 0 Å². The van der Waals surface area contributed by atoms with Gasteiger partial charge in [-0.15, -0.1) is 0 Å². The van der Waals surface area contributed by atoms with Crippen LogP contribution in [0.25, 0.3) is 60.2 Å². The van der Waals surface area contributed by atoms with E-state index in [0.29, 0.717) is 5.56 Å². The molecule has 0 N–H and O–H groups in total. The van der Waals surface area contributed by atoms with E-state index < -0.39 is 0 Å². The lowest BCUT2D eigenvalue weighted by Crippen LogP contribution is -2.11. The van der Waals surface area contributed by atoms with Gasteiger partial charge in [-0.25, -0.2) is 0 Å². The van der Waals surface area contributed by atoms with Crippen molar-refractivity contribution in [1.82, 2.24) is 4.57 Å². The molecule has 0 bridgehead atoms. The van der Waals surface area contributed by atoms with Crippen LogP contribution in [0.15, 0.2) is 236 Å². The van der Waals surface area contributed by atoms with Crippen LogP contribution in [-0.4, -0.2) is 4.57 Å². The van der Waals surface area contributed by atoms with Crippen molar-refractivity contribution in [3.63, 3.8) is 0 Å². The number of rotatable bonds is 8. The molecule has 0 unspecified atom stereocenters. The summed E-state index contributed by atoms with van der Waals surface area (Å²) in [5.74, 6) is 0. The van der Waals surface area contributed by atoms with Gasteiger partial charge in [0.05, 0.1) is 22.2 Å². The Balaban J connectivity index is 1.13. The van der Waals surface area contributed by atoms with Crippen LogP contribution in [0.1, 0.15) is 5.48 Å². The number of anilines is 6. The molecule has 1 heterocycles. The molecule has 0 aliphatic heterocycles. The van der Waals surface area contributed by atoms with Crippen molar-refractivity contribution in [3.05, 3.63) is 236 Å². The molecule has 10 aromatic carbocycles. The van der Waals surface area contributed by atoms with E-state index in [1.54, 1.807) is 4.90 Å². The SMILES string of the molecule is [2H]c1c([2H])c(N(c2ccccc2)c2ccccc2)c([2H])c([2H])c1-c1cccc2c(N(c3ccc4ccccc4c3)c3ccc4c5ccccc5n(-c5ccccc5)c4c3)cccc12. The van der Waals surface area contributed by atoms with Crippen LogP contribution in [0.4, 0.5) is 34.1 Å². The second kappa shape index (κ2) is 14.6. The third-order valence-electron chi connectivity index (χ3n) is 11.2. The number of benzene rings is 10. The molecule has 0 aliphatic carbocycles. The first-order chi connectivity index (χ1) is 31.0. The highest BCUT2D eigenvalue weighted by atomic mass is 15.1. The summed E-state index contributed by atoms with van der Waals surface area (Å²) in [4.78, 5) is 4.10. The average Bonchev–Trinajstić information content (AvgIpc) is 3.67. The van der Waals surface area contributed by atoms with Gasteiger partial charge in [0.15, 0.2) is 0 Å². The van der Waals surface area contributed by atoms with Gasteiger partial charge in [0.2, 0.25) is 0 Å². The van der Waals surface area contributed by atoms with Crippen molar-refractivity contribution in [2.75, 3.05) is 9.80 Å². The van der Waals surface area contributed by atoms with Gasteiger partial charge in [-0.1, -0.05) is 152 Å². The Morgan fingerprint density at radius 1 is 0.339 bits per heavy atom. The molecular weight excluding hydrogens is 715 g/mol. The van der Waals surface area contributed by atoms with Crippen LogP contribution in [0.3, 0.4) is 0 Å². The molecule has 1 aromatic heterocycles. The van der Waals surface area contributed by atoms with Gasteiger partial charge >= 0.3 is 0 Å². The Bertz CT molecular complexity index is 3450. The summed E-state index contributed by atoms with van der Waals surface area (Å²) in [5.41, 5.74) is 8.69. The van der Waals surface area contributed by atoms with E-state index in [2.05, 4.69) is 131 Å². The number of para-hydroxylation sites is 4. The first-order valence-electron chi connectivity index (χ1n) is 21.9. The Morgan fingerprint density at radius 2 is 0.915 bits per heavy atom. The monoisotopic (exact) mass is 757 g/mol. The quantitative estimate of drug-likeness (QED) is 0.153. The lowest BCUT2D eigenvalue weighted by atomic mass is 9.96. The van der Waals surface area contributed by atoms with Gasteiger partial charge in [-0.3, -0.25) is 0 Å². The normalized spacial score (nSPS) is 12.3. The minimum Gasteiger partial charge on any atom is -0.311 e. The van der Waals surface area contributed by atoms with Gasteiger partial charge in [0, 0.05) is 50.3 Å². The minimum atomic E-state index is -0.119. The fourth-order valence-electron chi connectivity index (χ4n) is 8.52. The Labute approximate surface area is 349 Å². The van der Waals surface area contributed by atoms with Crippen molar-refractivity contribution >= 4 is 77.5 Å². The molecule has 0 saturated heterocycles. The van der Waals surface area contributed by atoms with E-state index in [0.717, 1.165) is 72.1 Å². The highest BCUT2D eigenvalue weighted by Gasteiger charge is 2.20. The van der Waals surface area contributed by atoms with Gasteiger partial charge in [-0.05, 0) is 112 Å². The lowest BCUT2D eigenvalue weighted by Gasteiger charge is -2.28. The number of fused-ring (bicyclic) bond motifs is 5. The second-order valence-electron chi connectivity index (χ2n) is 14.7. The molecule has 0 saturated carbocycles. The first-order valence-corrected chi connectivity index (χ1v) is 19.9. The van der Waals surface area contributed by atoms with E-state index >= 15 is 0 Å². The van der Waals surface area contributed by atoms with E-state index in [9.17, 15) is 5.48 Å². The van der Waals surface area contributed by atoms with Crippen molar-refractivity contribution in [2.24, 2.45) is 0 Å². The fraction of sp³-hybridized carbons (Fsp3) is 0. The predicted molar refractivity (Wildman–Crippen MR) is 251 cm³/mol.